The van der Waals surface area contributed by atoms with E-state index in [9.17, 15) is 0 Å². The lowest BCUT2D eigenvalue weighted by Gasteiger charge is -2.39. The van der Waals surface area contributed by atoms with Gasteiger partial charge in [0.2, 0.25) is 0 Å². The maximum atomic E-state index is 5.42. The van der Waals surface area contributed by atoms with Gasteiger partial charge in [-0.25, -0.2) is 0 Å². The fourth-order valence-electron chi connectivity index (χ4n) is 2.80. The van der Waals surface area contributed by atoms with Gasteiger partial charge in [-0.1, -0.05) is 12.1 Å². The van der Waals surface area contributed by atoms with Crippen LogP contribution in [0.15, 0.2) is 24.3 Å². The number of hydrogen-bond acceptors (Lipinski definition) is 3. The highest BCUT2D eigenvalue weighted by Crippen LogP contribution is 2.39. The summed E-state index contributed by atoms with van der Waals surface area (Å²) in [6.07, 6.45) is 1.30. The van der Waals surface area contributed by atoms with E-state index >= 15 is 0 Å². The molecule has 1 aromatic rings. The molecule has 3 nitrogen and oxygen atoms in total. The minimum absolute atomic E-state index is 0.543. The molecule has 0 saturated carbocycles. The number of anilines is 1. The van der Waals surface area contributed by atoms with Gasteiger partial charge in [-0.05, 0) is 18.6 Å². The Morgan fingerprint density at radius 2 is 2.12 bits per heavy atom. The number of nitrogens with zero attached hydrogens (tertiary/aromatic N) is 1. The maximum Gasteiger partial charge on any atom is 0.142 e. The Hall–Kier alpha value is -1.22. The zero-order valence-electron chi connectivity index (χ0n) is 9.70. The van der Waals surface area contributed by atoms with Crippen molar-refractivity contribution in [3.8, 4) is 5.75 Å². The molecule has 2 heterocycles. The summed E-state index contributed by atoms with van der Waals surface area (Å²) in [6.45, 7) is 4.68. The molecule has 2 saturated heterocycles. The standard InChI is InChI=1S/C13H18N2O/c1-16-12-5-3-2-4-11(12)15-7-6-13(10-15)8-14-9-13/h2-5,14H,6-10H2,1H3. The van der Waals surface area contributed by atoms with Gasteiger partial charge in [-0.3, -0.25) is 0 Å². The van der Waals surface area contributed by atoms with Crippen molar-refractivity contribution in [2.24, 2.45) is 5.41 Å². The lowest BCUT2D eigenvalue weighted by molar-refractivity contribution is 0.199. The molecule has 0 radical (unpaired) electrons. The molecule has 0 amide bonds. The van der Waals surface area contributed by atoms with Gasteiger partial charge in [0.15, 0.2) is 0 Å². The minimum Gasteiger partial charge on any atom is -0.495 e. The highest BCUT2D eigenvalue weighted by atomic mass is 16.5. The van der Waals surface area contributed by atoms with E-state index in [4.69, 9.17) is 4.74 Å². The van der Waals surface area contributed by atoms with Gasteiger partial charge in [-0.2, -0.15) is 0 Å². The fourth-order valence-corrected chi connectivity index (χ4v) is 2.80. The molecule has 0 bridgehead atoms. The van der Waals surface area contributed by atoms with Crippen LogP contribution >= 0.6 is 0 Å². The fraction of sp³-hybridized carbons (Fsp3) is 0.538. The average Bonchev–Trinajstić information content (AvgIpc) is 2.74. The topological polar surface area (TPSA) is 24.5 Å². The van der Waals surface area contributed by atoms with E-state index in [1.165, 1.54) is 31.7 Å². The van der Waals surface area contributed by atoms with E-state index in [0.29, 0.717) is 5.41 Å². The van der Waals surface area contributed by atoms with Gasteiger partial charge in [0.1, 0.15) is 5.75 Å². The summed E-state index contributed by atoms with van der Waals surface area (Å²) < 4.78 is 5.42. The lowest BCUT2D eigenvalue weighted by Crippen LogP contribution is -2.54. The van der Waals surface area contributed by atoms with Crippen molar-refractivity contribution >= 4 is 5.69 Å². The predicted octanol–water partition coefficient (Wildman–Crippen LogP) is 1.49. The second kappa shape index (κ2) is 3.67. The smallest absolute Gasteiger partial charge is 0.142 e. The summed E-state index contributed by atoms with van der Waals surface area (Å²) in [5.41, 5.74) is 1.79. The van der Waals surface area contributed by atoms with Crippen molar-refractivity contribution in [3.05, 3.63) is 24.3 Å². The van der Waals surface area contributed by atoms with Crippen LogP contribution in [0.1, 0.15) is 6.42 Å². The molecule has 86 valence electrons. The highest BCUT2D eigenvalue weighted by molar-refractivity contribution is 5.59. The van der Waals surface area contributed by atoms with Crippen LogP contribution in [-0.2, 0) is 0 Å². The summed E-state index contributed by atoms with van der Waals surface area (Å²) in [6, 6.07) is 8.31. The minimum atomic E-state index is 0.543. The lowest BCUT2D eigenvalue weighted by atomic mass is 9.81. The second-order valence-corrected chi connectivity index (χ2v) is 4.95. The summed E-state index contributed by atoms with van der Waals surface area (Å²) in [5.74, 6) is 0.992. The van der Waals surface area contributed by atoms with Crippen molar-refractivity contribution in [3.63, 3.8) is 0 Å². The third-order valence-electron chi connectivity index (χ3n) is 3.86. The van der Waals surface area contributed by atoms with Gasteiger partial charge >= 0.3 is 0 Å². The molecule has 1 spiro atoms. The van der Waals surface area contributed by atoms with Crippen LogP contribution in [0.25, 0.3) is 0 Å². The molecular formula is C13H18N2O. The molecule has 3 heteroatoms. The van der Waals surface area contributed by atoms with Crippen LogP contribution in [0, 0.1) is 5.41 Å². The maximum absolute atomic E-state index is 5.42. The highest BCUT2D eigenvalue weighted by Gasteiger charge is 2.43. The largest absolute Gasteiger partial charge is 0.495 e. The molecule has 2 aliphatic rings. The van der Waals surface area contributed by atoms with E-state index < -0.39 is 0 Å². The van der Waals surface area contributed by atoms with Gasteiger partial charge in [0.25, 0.3) is 0 Å². The molecule has 0 atom stereocenters. The molecule has 2 fully saturated rings. The first-order valence-electron chi connectivity index (χ1n) is 5.92. The summed E-state index contributed by atoms with van der Waals surface area (Å²) in [4.78, 5) is 2.46. The molecule has 0 aromatic heterocycles. The van der Waals surface area contributed by atoms with E-state index in [1.807, 2.05) is 12.1 Å². The third-order valence-corrected chi connectivity index (χ3v) is 3.86. The van der Waals surface area contributed by atoms with Crippen LogP contribution in [0.4, 0.5) is 5.69 Å². The first kappa shape index (κ1) is 9.97. The van der Waals surface area contributed by atoms with Gasteiger partial charge in [0, 0.05) is 31.6 Å². The summed E-state index contributed by atoms with van der Waals surface area (Å²) in [7, 11) is 1.75. The second-order valence-electron chi connectivity index (χ2n) is 4.95. The molecule has 0 unspecified atom stereocenters. The van der Waals surface area contributed by atoms with Crippen LogP contribution < -0.4 is 15.0 Å². The van der Waals surface area contributed by atoms with Crippen molar-refractivity contribution in [2.75, 3.05) is 38.2 Å². The molecule has 3 rings (SSSR count). The van der Waals surface area contributed by atoms with Crippen LogP contribution in [0.2, 0.25) is 0 Å². The monoisotopic (exact) mass is 218 g/mol. The number of ether oxygens (including phenoxy) is 1. The molecular weight excluding hydrogens is 200 g/mol. The number of nitrogens with one attached hydrogen (secondary N) is 1. The normalized spacial score (nSPS) is 22.2. The van der Waals surface area contributed by atoms with E-state index in [2.05, 4.69) is 22.3 Å². The van der Waals surface area contributed by atoms with E-state index in [0.717, 1.165) is 12.3 Å². The van der Waals surface area contributed by atoms with Gasteiger partial charge in [0.05, 0.1) is 12.8 Å². The van der Waals surface area contributed by atoms with Crippen molar-refractivity contribution in [2.45, 2.75) is 6.42 Å². The van der Waals surface area contributed by atoms with Gasteiger partial charge < -0.3 is 15.0 Å². The molecule has 16 heavy (non-hydrogen) atoms. The Morgan fingerprint density at radius 1 is 1.31 bits per heavy atom. The number of rotatable bonds is 2. The number of benzene rings is 1. The molecule has 2 aliphatic heterocycles. The predicted molar refractivity (Wildman–Crippen MR) is 65.1 cm³/mol. The Morgan fingerprint density at radius 3 is 2.75 bits per heavy atom. The van der Waals surface area contributed by atoms with E-state index in [-0.39, 0.29) is 0 Å². The Kier molecular flexibility index (Phi) is 2.28. The van der Waals surface area contributed by atoms with Crippen LogP contribution in [-0.4, -0.2) is 33.3 Å². The zero-order valence-corrected chi connectivity index (χ0v) is 9.70. The SMILES string of the molecule is COc1ccccc1N1CCC2(CNC2)C1. The number of para-hydroxylation sites is 2. The first-order valence-corrected chi connectivity index (χ1v) is 5.92. The zero-order chi connectivity index (χ0) is 11.0. The third kappa shape index (κ3) is 1.47. The molecule has 1 N–H and O–H groups in total. The van der Waals surface area contributed by atoms with Crippen LogP contribution in [0.3, 0.4) is 0 Å². The van der Waals surface area contributed by atoms with Crippen molar-refractivity contribution in [1.29, 1.82) is 0 Å². The van der Waals surface area contributed by atoms with Gasteiger partial charge in [-0.15, -0.1) is 0 Å². The Bertz CT molecular complexity index is 387. The van der Waals surface area contributed by atoms with Crippen molar-refractivity contribution < 1.29 is 4.74 Å². The number of hydrogen-bond donors (Lipinski definition) is 1. The first-order chi connectivity index (χ1) is 7.83. The molecule has 0 aliphatic carbocycles. The Balaban J connectivity index is 1.82. The summed E-state index contributed by atoms with van der Waals surface area (Å²) in [5, 5.41) is 3.39. The van der Waals surface area contributed by atoms with E-state index in [1.54, 1.807) is 7.11 Å². The molecule has 1 aromatic carbocycles. The van der Waals surface area contributed by atoms with Crippen LogP contribution in [0.5, 0.6) is 5.75 Å². The van der Waals surface area contributed by atoms with Crippen molar-refractivity contribution in [1.82, 2.24) is 5.32 Å². The average molecular weight is 218 g/mol. The number of methoxy groups -OCH3 is 1. The quantitative estimate of drug-likeness (QED) is 0.814. The Labute approximate surface area is 96.4 Å². The summed E-state index contributed by atoms with van der Waals surface area (Å²) >= 11 is 0.